The van der Waals surface area contributed by atoms with E-state index in [0.29, 0.717) is 31.2 Å². The molecule has 8 nitrogen and oxygen atoms in total. The van der Waals surface area contributed by atoms with Crippen LogP contribution in [0.1, 0.15) is 86.6 Å². The Labute approximate surface area is 194 Å². The van der Waals surface area contributed by atoms with Crippen molar-refractivity contribution < 1.29 is 39.5 Å². The normalized spacial score (nSPS) is 29.9. The standard InChI is InChI=1S/C25H36O8/c1-6-8-15(17-11-18(27)25(24(31)32-17)19(7-2)33-25)22(29)16-10-14(9-12(3)4)21(28)20(13(5)26)23(16)30/h10,12,15,17-19,24,27-28,30-31H,6-9,11H2,1-5H3/t15?,17?,18-,19+,24-,25?/m1/s1. The molecular weight excluding hydrogens is 428 g/mol. The van der Waals surface area contributed by atoms with Gasteiger partial charge in [-0.3, -0.25) is 9.59 Å². The molecule has 33 heavy (non-hydrogen) atoms. The van der Waals surface area contributed by atoms with Gasteiger partial charge in [0.05, 0.1) is 23.9 Å². The molecule has 2 fully saturated rings. The molecule has 3 rings (SSSR count). The summed E-state index contributed by atoms with van der Waals surface area (Å²) in [6.07, 6.45) is -1.32. The van der Waals surface area contributed by atoms with Crippen LogP contribution in [0.3, 0.4) is 0 Å². The number of aliphatic hydroxyl groups is 2. The van der Waals surface area contributed by atoms with Crippen molar-refractivity contribution in [2.24, 2.45) is 11.8 Å². The fourth-order valence-corrected chi connectivity index (χ4v) is 5.11. The summed E-state index contributed by atoms with van der Waals surface area (Å²) in [6.45, 7) is 8.90. The summed E-state index contributed by atoms with van der Waals surface area (Å²) in [7, 11) is 0. The van der Waals surface area contributed by atoms with Crippen LogP contribution in [0.4, 0.5) is 0 Å². The molecule has 2 aliphatic rings. The summed E-state index contributed by atoms with van der Waals surface area (Å²) in [5, 5.41) is 42.7. The van der Waals surface area contributed by atoms with Crippen LogP contribution in [0.5, 0.6) is 11.5 Å². The minimum Gasteiger partial charge on any atom is -0.507 e. The lowest BCUT2D eigenvalue weighted by molar-refractivity contribution is -0.239. The van der Waals surface area contributed by atoms with Crippen LogP contribution < -0.4 is 0 Å². The van der Waals surface area contributed by atoms with E-state index in [-0.39, 0.29) is 35.3 Å². The number of rotatable bonds is 9. The molecule has 0 amide bonds. The second-order valence-electron chi connectivity index (χ2n) is 9.72. The first kappa shape index (κ1) is 25.6. The Morgan fingerprint density at radius 1 is 1.18 bits per heavy atom. The molecule has 0 aliphatic carbocycles. The number of ketones is 2. The largest absolute Gasteiger partial charge is 0.507 e. The van der Waals surface area contributed by atoms with Gasteiger partial charge in [0.25, 0.3) is 0 Å². The molecule has 2 heterocycles. The van der Waals surface area contributed by atoms with E-state index >= 15 is 0 Å². The lowest BCUT2D eigenvalue weighted by atomic mass is 9.80. The molecule has 6 atom stereocenters. The number of aromatic hydroxyl groups is 2. The number of phenolic OH excluding ortho intramolecular Hbond substituents is 2. The smallest absolute Gasteiger partial charge is 0.189 e. The minimum absolute atomic E-state index is 0.0610. The van der Waals surface area contributed by atoms with Gasteiger partial charge in [0.1, 0.15) is 17.1 Å². The first-order valence-corrected chi connectivity index (χ1v) is 11.8. The third-order valence-corrected chi connectivity index (χ3v) is 6.81. The molecule has 2 aliphatic heterocycles. The highest BCUT2D eigenvalue weighted by Crippen LogP contribution is 2.50. The molecule has 184 valence electrons. The van der Waals surface area contributed by atoms with E-state index in [9.17, 15) is 30.0 Å². The maximum Gasteiger partial charge on any atom is 0.189 e. The van der Waals surface area contributed by atoms with Crippen molar-refractivity contribution in [3.63, 3.8) is 0 Å². The summed E-state index contributed by atoms with van der Waals surface area (Å²) in [5.41, 5.74) is -1.08. The van der Waals surface area contributed by atoms with Crippen LogP contribution in [0.2, 0.25) is 0 Å². The van der Waals surface area contributed by atoms with Gasteiger partial charge in [-0.1, -0.05) is 34.1 Å². The van der Waals surface area contributed by atoms with Crippen LogP contribution in [-0.2, 0) is 15.9 Å². The van der Waals surface area contributed by atoms with Gasteiger partial charge in [0, 0.05) is 12.3 Å². The fraction of sp³-hybridized carbons (Fsp3) is 0.680. The first-order chi connectivity index (χ1) is 15.5. The Bertz CT molecular complexity index is 896. The van der Waals surface area contributed by atoms with E-state index in [1.54, 1.807) is 0 Å². The molecule has 8 heteroatoms. The number of carbonyl (C=O) groups excluding carboxylic acids is 2. The molecule has 2 saturated heterocycles. The molecule has 0 saturated carbocycles. The molecule has 1 aromatic rings. The topological polar surface area (TPSA) is 137 Å². The van der Waals surface area contributed by atoms with Gasteiger partial charge in [-0.05, 0) is 43.7 Å². The molecule has 0 aromatic heterocycles. The predicted molar refractivity (Wildman–Crippen MR) is 120 cm³/mol. The van der Waals surface area contributed by atoms with Crippen LogP contribution in [0.15, 0.2) is 6.07 Å². The predicted octanol–water partition coefficient (Wildman–Crippen LogP) is 3.11. The number of hydrogen-bond acceptors (Lipinski definition) is 8. The van der Waals surface area contributed by atoms with Gasteiger partial charge in [0.15, 0.2) is 23.5 Å². The lowest BCUT2D eigenvalue weighted by Crippen LogP contribution is -2.55. The quantitative estimate of drug-likeness (QED) is 0.323. The molecule has 0 radical (unpaired) electrons. The summed E-state index contributed by atoms with van der Waals surface area (Å²) in [6, 6.07) is 1.44. The van der Waals surface area contributed by atoms with Gasteiger partial charge in [0.2, 0.25) is 0 Å². The highest BCUT2D eigenvalue weighted by Gasteiger charge is 2.68. The van der Waals surface area contributed by atoms with Gasteiger partial charge in [-0.25, -0.2) is 0 Å². The van der Waals surface area contributed by atoms with Crippen LogP contribution in [-0.4, -0.2) is 62.2 Å². The zero-order valence-electron chi connectivity index (χ0n) is 20.0. The third kappa shape index (κ3) is 4.54. The Morgan fingerprint density at radius 2 is 1.85 bits per heavy atom. The van der Waals surface area contributed by atoms with Crippen LogP contribution in [0.25, 0.3) is 0 Å². The number of hydrogen-bond donors (Lipinski definition) is 4. The summed E-state index contributed by atoms with van der Waals surface area (Å²) in [4.78, 5) is 25.8. The second-order valence-corrected chi connectivity index (χ2v) is 9.72. The van der Waals surface area contributed by atoms with Crippen LogP contribution in [0, 0.1) is 11.8 Å². The SMILES string of the molecule is CCCC(C(=O)c1cc(CC(C)C)c(O)c(C(C)=O)c1O)C1C[C@@H](O)C2(O[C@H]2CC)[C@H](O)O1. The molecule has 1 aromatic carbocycles. The first-order valence-electron chi connectivity index (χ1n) is 11.8. The maximum absolute atomic E-state index is 13.7. The van der Waals surface area contributed by atoms with Gasteiger partial charge in [-0.2, -0.15) is 0 Å². The number of Topliss-reactive ketones (excluding diaryl/α,β-unsaturated/α-hetero) is 2. The van der Waals surface area contributed by atoms with E-state index < -0.39 is 47.3 Å². The zero-order valence-corrected chi connectivity index (χ0v) is 20.0. The van der Waals surface area contributed by atoms with Crippen molar-refractivity contribution in [3.05, 3.63) is 22.8 Å². The van der Waals surface area contributed by atoms with E-state index in [1.165, 1.54) is 13.0 Å². The molecule has 1 spiro atoms. The number of benzene rings is 1. The third-order valence-electron chi connectivity index (χ3n) is 6.81. The van der Waals surface area contributed by atoms with Crippen molar-refractivity contribution in [1.82, 2.24) is 0 Å². The minimum atomic E-state index is -1.37. The Hall–Kier alpha value is -2.00. The average molecular weight is 465 g/mol. The maximum atomic E-state index is 13.7. The van der Waals surface area contributed by atoms with Crippen molar-refractivity contribution in [2.75, 3.05) is 0 Å². The summed E-state index contributed by atoms with van der Waals surface area (Å²) in [5.74, 6) is -2.49. The van der Waals surface area contributed by atoms with Crippen molar-refractivity contribution in [2.45, 2.75) is 96.9 Å². The number of epoxide rings is 1. The summed E-state index contributed by atoms with van der Waals surface area (Å²) < 4.78 is 11.4. The molecule has 0 bridgehead atoms. The molecular formula is C25H36O8. The molecule has 4 N–H and O–H groups in total. The highest BCUT2D eigenvalue weighted by molar-refractivity contribution is 6.07. The summed E-state index contributed by atoms with van der Waals surface area (Å²) >= 11 is 0. The van der Waals surface area contributed by atoms with Crippen molar-refractivity contribution >= 4 is 11.6 Å². The van der Waals surface area contributed by atoms with E-state index in [1.807, 2.05) is 27.7 Å². The van der Waals surface area contributed by atoms with E-state index in [0.717, 1.165) is 0 Å². The van der Waals surface area contributed by atoms with Crippen LogP contribution >= 0.6 is 0 Å². The number of carbonyl (C=O) groups is 2. The Balaban J connectivity index is 1.97. The Kier molecular flexibility index (Phi) is 7.53. The van der Waals surface area contributed by atoms with E-state index in [2.05, 4.69) is 0 Å². The zero-order chi connectivity index (χ0) is 24.7. The van der Waals surface area contributed by atoms with Gasteiger partial charge in [-0.15, -0.1) is 0 Å². The Morgan fingerprint density at radius 3 is 2.33 bits per heavy atom. The molecule has 3 unspecified atom stereocenters. The van der Waals surface area contributed by atoms with Crippen molar-refractivity contribution in [3.8, 4) is 11.5 Å². The number of ether oxygens (including phenoxy) is 2. The second kappa shape index (κ2) is 9.70. The fourth-order valence-electron chi connectivity index (χ4n) is 5.11. The van der Waals surface area contributed by atoms with Gasteiger partial charge < -0.3 is 29.9 Å². The van der Waals surface area contributed by atoms with E-state index in [4.69, 9.17) is 9.47 Å². The lowest BCUT2D eigenvalue weighted by Gasteiger charge is -2.39. The number of phenols is 2. The van der Waals surface area contributed by atoms with Crippen molar-refractivity contribution in [1.29, 1.82) is 0 Å². The number of aliphatic hydroxyl groups excluding tert-OH is 2. The highest BCUT2D eigenvalue weighted by atomic mass is 16.7. The average Bonchev–Trinajstić information content (AvgIpc) is 3.47. The van der Waals surface area contributed by atoms with Gasteiger partial charge >= 0.3 is 0 Å². The monoisotopic (exact) mass is 464 g/mol.